The normalized spacial score (nSPS) is 16.7. The Hall–Kier alpha value is -1.99. The van der Waals surface area contributed by atoms with E-state index < -0.39 is 0 Å². The highest BCUT2D eigenvalue weighted by molar-refractivity contribution is 7.15. The van der Waals surface area contributed by atoms with Crippen LogP contribution in [0.3, 0.4) is 0 Å². The van der Waals surface area contributed by atoms with E-state index in [1.54, 1.807) is 23.5 Å². The molecule has 122 valence electrons. The maximum atomic E-state index is 13.0. The lowest BCUT2D eigenvalue weighted by Crippen LogP contribution is -2.39. The number of halogens is 1. The molecule has 0 fully saturated rings. The number of hydrogen-bond donors (Lipinski definition) is 3. The van der Waals surface area contributed by atoms with Crippen molar-refractivity contribution in [2.75, 3.05) is 13.2 Å². The van der Waals surface area contributed by atoms with Crippen LogP contribution in [0.4, 0.5) is 9.18 Å². The summed E-state index contributed by atoms with van der Waals surface area (Å²) in [6.45, 7) is 0.146. The first-order valence-corrected chi connectivity index (χ1v) is 8.40. The molecule has 2 aromatic rings. The van der Waals surface area contributed by atoms with Crippen molar-refractivity contribution in [2.24, 2.45) is 0 Å². The second-order valence-electron chi connectivity index (χ2n) is 5.41. The van der Waals surface area contributed by atoms with Gasteiger partial charge in [-0.1, -0.05) is 0 Å². The van der Waals surface area contributed by atoms with Crippen molar-refractivity contribution >= 4 is 17.4 Å². The number of thiazole rings is 1. The van der Waals surface area contributed by atoms with E-state index in [1.807, 2.05) is 0 Å². The predicted octanol–water partition coefficient (Wildman–Crippen LogP) is 2.62. The van der Waals surface area contributed by atoms with Gasteiger partial charge in [-0.2, -0.15) is 0 Å². The summed E-state index contributed by atoms with van der Waals surface area (Å²) in [5.41, 5.74) is 1.89. The molecule has 0 saturated carbocycles. The van der Waals surface area contributed by atoms with Gasteiger partial charge in [0.1, 0.15) is 10.8 Å². The largest absolute Gasteiger partial charge is 0.395 e. The molecule has 0 saturated heterocycles. The lowest BCUT2D eigenvalue weighted by atomic mass is 9.98. The Labute approximate surface area is 137 Å². The van der Waals surface area contributed by atoms with Crippen LogP contribution >= 0.6 is 11.3 Å². The minimum Gasteiger partial charge on any atom is -0.395 e. The Bertz CT molecular complexity index is 687. The average molecular weight is 335 g/mol. The highest BCUT2D eigenvalue weighted by atomic mass is 32.1. The molecule has 1 aromatic carbocycles. The summed E-state index contributed by atoms with van der Waals surface area (Å²) in [4.78, 5) is 17.5. The van der Waals surface area contributed by atoms with E-state index in [4.69, 9.17) is 5.11 Å². The molecule has 0 bridgehead atoms. The molecule has 3 rings (SSSR count). The van der Waals surface area contributed by atoms with Crippen LogP contribution in [0.1, 0.15) is 29.5 Å². The Morgan fingerprint density at radius 3 is 2.91 bits per heavy atom. The minimum absolute atomic E-state index is 0.0656. The summed E-state index contributed by atoms with van der Waals surface area (Å²) in [5, 5.41) is 15.1. The molecule has 2 amide bonds. The third kappa shape index (κ3) is 3.68. The molecular formula is C16H18FN3O2S. The maximum Gasteiger partial charge on any atom is 0.315 e. The maximum absolute atomic E-state index is 13.0. The number of amides is 2. The van der Waals surface area contributed by atoms with Gasteiger partial charge in [-0.15, -0.1) is 11.3 Å². The van der Waals surface area contributed by atoms with E-state index in [1.165, 1.54) is 12.1 Å². The van der Waals surface area contributed by atoms with E-state index in [0.29, 0.717) is 0 Å². The summed E-state index contributed by atoms with van der Waals surface area (Å²) in [7, 11) is 0. The number of aliphatic hydroxyl groups is 1. The molecule has 1 unspecified atom stereocenters. The van der Waals surface area contributed by atoms with E-state index in [9.17, 15) is 9.18 Å². The zero-order chi connectivity index (χ0) is 16.2. The highest BCUT2D eigenvalue weighted by Crippen LogP contribution is 2.37. The fourth-order valence-corrected chi connectivity index (χ4v) is 3.85. The molecule has 7 heteroatoms. The minimum atomic E-state index is -0.284. The van der Waals surface area contributed by atoms with Crippen LogP contribution in [0.25, 0.3) is 10.6 Å². The predicted molar refractivity (Wildman–Crippen MR) is 86.8 cm³/mol. The van der Waals surface area contributed by atoms with E-state index in [2.05, 4.69) is 15.6 Å². The Morgan fingerprint density at radius 2 is 2.17 bits per heavy atom. The molecule has 1 aliphatic carbocycles. The Morgan fingerprint density at radius 1 is 1.39 bits per heavy atom. The van der Waals surface area contributed by atoms with Crippen molar-refractivity contribution in [3.8, 4) is 10.6 Å². The smallest absolute Gasteiger partial charge is 0.315 e. The second kappa shape index (κ2) is 7.06. The number of urea groups is 1. The molecule has 5 nitrogen and oxygen atoms in total. The van der Waals surface area contributed by atoms with Crippen LogP contribution in [0.5, 0.6) is 0 Å². The molecule has 1 heterocycles. The van der Waals surface area contributed by atoms with E-state index in [0.717, 1.165) is 40.4 Å². The van der Waals surface area contributed by atoms with Crippen LogP contribution in [-0.2, 0) is 6.42 Å². The van der Waals surface area contributed by atoms with Gasteiger partial charge in [0.05, 0.1) is 23.2 Å². The summed E-state index contributed by atoms with van der Waals surface area (Å²) < 4.78 is 13.0. The molecule has 3 N–H and O–H groups in total. The Balaban J connectivity index is 1.79. The molecule has 1 aliphatic rings. The van der Waals surface area contributed by atoms with Crippen LogP contribution < -0.4 is 10.6 Å². The third-order valence-corrected chi connectivity index (χ3v) is 5.00. The molecule has 0 spiro atoms. The van der Waals surface area contributed by atoms with Gasteiger partial charge in [0.2, 0.25) is 0 Å². The number of fused-ring (bicyclic) bond motifs is 1. The zero-order valence-corrected chi connectivity index (χ0v) is 13.3. The highest BCUT2D eigenvalue weighted by Gasteiger charge is 2.26. The van der Waals surface area contributed by atoms with Gasteiger partial charge in [0.15, 0.2) is 0 Å². The Kier molecular flexibility index (Phi) is 4.88. The lowest BCUT2D eigenvalue weighted by Gasteiger charge is -2.22. The quantitative estimate of drug-likeness (QED) is 0.804. The average Bonchev–Trinajstić information content (AvgIpc) is 2.99. The molecule has 0 aliphatic heterocycles. The van der Waals surface area contributed by atoms with Crippen molar-refractivity contribution in [3.63, 3.8) is 0 Å². The number of aliphatic hydroxyl groups excluding tert-OH is 1. The first-order valence-electron chi connectivity index (χ1n) is 7.58. The van der Waals surface area contributed by atoms with Crippen molar-refractivity contribution in [1.82, 2.24) is 15.6 Å². The molecule has 0 radical (unpaired) electrons. The first kappa shape index (κ1) is 15.9. The van der Waals surface area contributed by atoms with Crippen molar-refractivity contribution in [2.45, 2.75) is 25.3 Å². The van der Waals surface area contributed by atoms with Crippen LogP contribution in [0, 0.1) is 5.82 Å². The standard InChI is InChI=1S/C16H18FN3O2S/c17-11-6-4-10(5-7-11)15-19-12-2-1-3-13(14(12)23-15)20-16(22)18-8-9-21/h4-7,13,21H,1-3,8-9H2,(H2,18,20,22). The molecule has 1 aromatic heterocycles. The monoisotopic (exact) mass is 335 g/mol. The van der Waals surface area contributed by atoms with Gasteiger partial charge < -0.3 is 15.7 Å². The number of nitrogens with zero attached hydrogens (tertiary/aromatic N) is 1. The van der Waals surface area contributed by atoms with Crippen LogP contribution in [0.2, 0.25) is 0 Å². The van der Waals surface area contributed by atoms with Gasteiger partial charge in [-0.05, 0) is 43.5 Å². The summed E-state index contributed by atoms with van der Waals surface area (Å²) in [6, 6.07) is 5.94. The van der Waals surface area contributed by atoms with Gasteiger partial charge in [-0.25, -0.2) is 14.2 Å². The first-order chi connectivity index (χ1) is 11.2. The fraction of sp³-hybridized carbons (Fsp3) is 0.375. The zero-order valence-electron chi connectivity index (χ0n) is 12.5. The fourth-order valence-electron chi connectivity index (χ4n) is 2.65. The van der Waals surface area contributed by atoms with E-state index >= 15 is 0 Å². The third-order valence-electron chi connectivity index (χ3n) is 3.74. The summed E-state index contributed by atoms with van der Waals surface area (Å²) in [6.07, 6.45) is 2.72. The number of aromatic nitrogens is 1. The summed E-state index contributed by atoms with van der Waals surface area (Å²) >= 11 is 1.54. The van der Waals surface area contributed by atoms with Crippen molar-refractivity contribution < 1.29 is 14.3 Å². The topological polar surface area (TPSA) is 74.2 Å². The van der Waals surface area contributed by atoms with Crippen LogP contribution in [-0.4, -0.2) is 29.3 Å². The number of carbonyl (C=O) groups excluding carboxylic acids is 1. The number of carbonyl (C=O) groups is 1. The lowest BCUT2D eigenvalue weighted by molar-refractivity contribution is 0.229. The SMILES string of the molecule is O=C(NCCO)NC1CCCc2nc(-c3ccc(F)cc3)sc21. The number of nitrogens with one attached hydrogen (secondary N) is 2. The number of benzene rings is 1. The summed E-state index contributed by atoms with van der Waals surface area (Å²) in [5.74, 6) is -0.268. The number of rotatable bonds is 4. The van der Waals surface area contributed by atoms with Crippen LogP contribution in [0.15, 0.2) is 24.3 Å². The second-order valence-corrected chi connectivity index (χ2v) is 6.44. The van der Waals surface area contributed by atoms with E-state index in [-0.39, 0.29) is 31.0 Å². The molecule has 1 atom stereocenters. The number of hydrogen-bond acceptors (Lipinski definition) is 4. The van der Waals surface area contributed by atoms with Crippen molar-refractivity contribution in [1.29, 1.82) is 0 Å². The van der Waals surface area contributed by atoms with Crippen molar-refractivity contribution in [3.05, 3.63) is 40.7 Å². The van der Waals surface area contributed by atoms with Gasteiger partial charge >= 0.3 is 6.03 Å². The molecule has 23 heavy (non-hydrogen) atoms. The number of aryl methyl sites for hydroxylation is 1. The van der Waals surface area contributed by atoms with Gasteiger partial charge in [-0.3, -0.25) is 0 Å². The van der Waals surface area contributed by atoms with Gasteiger partial charge in [0, 0.05) is 12.1 Å². The molecular weight excluding hydrogens is 317 g/mol. The van der Waals surface area contributed by atoms with Gasteiger partial charge in [0.25, 0.3) is 0 Å².